The van der Waals surface area contributed by atoms with Crippen molar-refractivity contribution in [1.82, 2.24) is 4.31 Å². The van der Waals surface area contributed by atoms with Crippen LogP contribution in [0.5, 0.6) is 0 Å². The first-order chi connectivity index (χ1) is 12.1. The lowest BCUT2D eigenvalue weighted by Crippen LogP contribution is -3.15. The predicted molar refractivity (Wildman–Crippen MR) is 96.4 cm³/mol. The summed E-state index contributed by atoms with van der Waals surface area (Å²) in [7, 11) is -3.35. The van der Waals surface area contributed by atoms with E-state index in [-0.39, 0.29) is 0 Å². The van der Waals surface area contributed by atoms with Gasteiger partial charge in [0.15, 0.2) is 0 Å². The molecule has 1 aromatic carbocycles. The number of nitrogens with zero attached hydrogens (tertiary/aromatic N) is 1. The summed E-state index contributed by atoms with van der Waals surface area (Å²) in [5.41, 5.74) is 2.54. The second kappa shape index (κ2) is 7.35. The lowest BCUT2D eigenvalue weighted by molar-refractivity contribution is -0.907. The normalized spacial score (nSPS) is 25.8. The molecule has 0 spiro atoms. The average molecular weight is 366 g/mol. The maximum atomic E-state index is 13.0. The van der Waals surface area contributed by atoms with Gasteiger partial charge >= 0.3 is 0 Å². The van der Waals surface area contributed by atoms with Crippen LogP contribution in [0.4, 0.5) is 0 Å². The minimum atomic E-state index is -3.35. The fourth-order valence-corrected chi connectivity index (χ4v) is 5.89. The summed E-state index contributed by atoms with van der Waals surface area (Å²) in [6.07, 6.45) is 7.20. The lowest BCUT2D eigenvalue weighted by Gasteiger charge is -2.34. The monoisotopic (exact) mass is 365 g/mol. The fraction of sp³-hybridized carbons (Fsp3) is 0.684. The molecular formula is C19H29N2O3S+. The van der Waals surface area contributed by atoms with E-state index in [4.69, 9.17) is 4.74 Å². The zero-order chi connectivity index (χ0) is 17.3. The highest BCUT2D eigenvalue weighted by atomic mass is 32.2. The van der Waals surface area contributed by atoms with Crippen molar-refractivity contribution in [3.8, 4) is 0 Å². The Balaban J connectivity index is 1.37. The summed E-state index contributed by atoms with van der Waals surface area (Å²) in [6.45, 7) is 4.89. The summed E-state index contributed by atoms with van der Waals surface area (Å²) in [5.74, 6) is 0. The number of nitrogens with one attached hydrogen (secondary N) is 1. The Bertz CT molecular complexity index is 705. The third-order valence-electron chi connectivity index (χ3n) is 5.93. The smallest absolute Gasteiger partial charge is 0.243 e. The summed E-state index contributed by atoms with van der Waals surface area (Å²) in [5, 5.41) is 0. The SMILES string of the molecule is O=S(=O)(c1ccc2c(c1)CCC2)N1CC[NH+](C[C@H]2CCCCO2)CC1. The minimum Gasteiger partial charge on any atom is -0.372 e. The van der Waals surface area contributed by atoms with Gasteiger partial charge in [0.05, 0.1) is 31.1 Å². The van der Waals surface area contributed by atoms with Gasteiger partial charge in [-0.2, -0.15) is 4.31 Å². The van der Waals surface area contributed by atoms with E-state index < -0.39 is 10.0 Å². The molecule has 0 bridgehead atoms. The molecule has 0 amide bonds. The Labute approximate surface area is 151 Å². The third-order valence-corrected chi connectivity index (χ3v) is 7.82. The molecule has 1 atom stereocenters. The molecule has 2 fully saturated rings. The van der Waals surface area contributed by atoms with Gasteiger partial charge in [0.2, 0.25) is 10.0 Å². The van der Waals surface area contributed by atoms with E-state index in [1.165, 1.54) is 28.9 Å². The average Bonchev–Trinajstić information content (AvgIpc) is 3.11. The Morgan fingerprint density at radius 2 is 1.88 bits per heavy atom. The molecule has 0 radical (unpaired) electrons. The van der Waals surface area contributed by atoms with Gasteiger partial charge in [0.25, 0.3) is 0 Å². The van der Waals surface area contributed by atoms with Gasteiger partial charge in [-0.05, 0) is 61.8 Å². The third kappa shape index (κ3) is 3.77. The van der Waals surface area contributed by atoms with Gasteiger partial charge in [0.1, 0.15) is 12.6 Å². The Hall–Kier alpha value is -0.950. The van der Waals surface area contributed by atoms with Gasteiger partial charge in [-0.25, -0.2) is 8.42 Å². The summed E-state index contributed by atoms with van der Waals surface area (Å²) in [6, 6.07) is 5.72. The molecule has 1 aliphatic carbocycles. The first kappa shape index (κ1) is 17.5. The molecule has 138 valence electrons. The van der Waals surface area contributed by atoms with Crippen molar-refractivity contribution in [2.75, 3.05) is 39.3 Å². The maximum absolute atomic E-state index is 13.0. The largest absolute Gasteiger partial charge is 0.372 e. The van der Waals surface area contributed by atoms with Crippen LogP contribution in [0.25, 0.3) is 0 Å². The molecule has 25 heavy (non-hydrogen) atoms. The van der Waals surface area contributed by atoms with E-state index in [2.05, 4.69) is 0 Å². The fourth-order valence-electron chi connectivity index (χ4n) is 4.40. The zero-order valence-corrected chi connectivity index (χ0v) is 15.7. The van der Waals surface area contributed by atoms with E-state index >= 15 is 0 Å². The standard InChI is InChI=1S/C19H28N2O3S/c22-25(23,19-8-7-16-4-3-5-17(16)14-19)21-11-9-20(10-12-21)15-18-6-1-2-13-24-18/h7-8,14,18H,1-6,9-13,15H2/p+1/t18-/m1/s1. The van der Waals surface area contributed by atoms with E-state index in [1.54, 1.807) is 10.4 Å². The van der Waals surface area contributed by atoms with Gasteiger partial charge < -0.3 is 9.64 Å². The molecule has 0 unspecified atom stereocenters. The van der Waals surface area contributed by atoms with Crippen LogP contribution in [-0.2, 0) is 27.6 Å². The molecule has 0 aromatic heterocycles. The van der Waals surface area contributed by atoms with Crippen molar-refractivity contribution in [1.29, 1.82) is 0 Å². The zero-order valence-electron chi connectivity index (χ0n) is 14.9. The molecule has 1 aromatic rings. The van der Waals surface area contributed by atoms with Crippen molar-refractivity contribution in [2.45, 2.75) is 49.5 Å². The van der Waals surface area contributed by atoms with E-state index in [9.17, 15) is 8.42 Å². The van der Waals surface area contributed by atoms with Gasteiger partial charge in [-0.3, -0.25) is 0 Å². The highest BCUT2D eigenvalue weighted by Crippen LogP contribution is 2.26. The van der Waals surface area contributed by atoms with Crippen LogP contribution in [0.15, 0.2) is 23.1 Å². The molecule has 2 heterocycles. The van der Waals surface area contributed by atoms with E-state index in [1.807, 2.05) is 12.1 Å². The molecular weight excluding hydrogens is 336 g/mol. The van der Waals surface area contributed by atoms with Crippen molar-refractivity contribution < 1.29 is 18.1 Å². The number of ether oxygens (including phenoxy) is 1. The van der Waals surface area contributed by atoms with Crippen LogP contribution in [0.3, 0.4) is 0 Å². The highest BCUT2D eigenvalue weighted by Gasteiger charge is 2.32. The number of benzene rings is 1. The van der Waals surface area contributed by atoms with Crippen LogP contribution in [0.2, 0.25) is 0 Å². The summed E-state index contributed by atoms with van der Waals surface area (Å²) < 4.78 is 33.5. The van der Waals surface area contributed by atoms with Gasteiger partial charge in [0, 0.05) is 6.61 Å². The van der Waals surface area contributed by atoms with Crippen molar-refractivity contribution in [2.24, 2.45) is 0 Å². The van der Waals surface area contributed by atoms with Crippen molar-refractivity contribution in [3.05, 3.63) is 29.3 Å². The van der Waals surface area contributed by atoms with Crippen LogP contribution < -0.4 is 4.90 Å². The Morgan fingerprint density at radius 1 is 1.08 bits per heavy atom. The Morgan fingerprint density at radius 3 is 2.64 bits per heavy atom. The number of rotatable bonds is 4. The molecule has 5 nitrogen and oxygen atoms in total. The summed E-state index contributed by atoms with van der Waals surface area (Å²) >= 11 is 0. The topological polar surface area (TPSA) is 51.0 Å². The van der Waals surface area contributed by atoms with Crippen LogP contribution in [-0.4, -0.2) is 58.2 Å². The molecule has 1 N–H and O–H groups in total. The quantitative estimate of drug-likeness (QED) is 0.852. The van der Waals surface area contributed by atoms with Gasteiger partial charge in [-0.15, -0.1) is 0 Å². The van der Waals surface area contributed by atoms with E-state index in [0.29, 0.717) is 24.1 Å². The van der Waals surface area contributed by atoms with Crippen LogP contribution in [0.1, 0.15) is 36.8 Å². The number of fused-ring (bicyclic) bond motifs is 1. The number of sulfonamides is 1. The minimum absolute atomic E-state index is 0.364. The predicted octanol–water partition coefficient (Wildman–Crippen LogP) is 0.634. The molecule has 3 aliphatic rings. The lowest BCUT2D eigenvalue weighted by atomic mass is 10.1. The molecule has 2 aliphatic heterocycles. The van der Waals surface area contributed by atoms with Gasteiger partial charge in [-0.1, -0.05) is 6.07 Å². The van der Waals surface area contributed by atoms with Crippen LogP contribution in [0, 0.1) is 0 Å². The number of aryl methyl sites for hydroxylation is 2. The maximum Gasteiger partial charge on any atom is 0.243 e. The number of hydrogen-bond donors (Lipinski definition) is 1. The summed E-state index contributed by atoms with van der Waals surface area (Å²) in [4.78, 5) is 1.96. The molecule has 0 saturated carbocycles. The number of hydrogen-bond acceptors (Lipinski definition) is 3. The molecule has 6 heteroatoms. The highest BCUT2D eigenvalue weighted by molar-refractivity contribution is 7.89. The van der Waals surface area contributed by atoms with Crippen molar-refractivity contribution in [3.63, 3.8) is 0 Å². The number of quaternary nitrogens is 1. The Kier molecular flexibility index (Phi) is 5.13. The second-order valence-electron chi connectivity index (χ2n) is 7.63. The van der Waals surface area contributed by atoms with E-state index in [0.717, 1.165) is 51.9 Å². The first-order valence-electron chi connectivity index (χ1n) is 9.70. The first-order valence-corrected chi connectivity index (χ1v) is 11.1. The van der Waals surface area contributed by atoms with Crippen molar-refractivity contribution >= 4 is 10.0 Å². The number of piperazine rings is 1. The molecule has 2 saturated heterocycles. The second-order valence-corrected chi connectivity index (χ2v) is 9.57. The molecule has 4 rings (SSSR count). The van der Waals surface area contributed by atoms with Crippen LogP contribution >= 0.6 is 0 Å².